The number of anilines is 1. The van der Waals surface area contributed by atoms with Crippen LogP contribution in [0.3, 0.4) is 0 Å². The van der Waals surface area contributed by atoms with E-state index in [4.69, 9.17) is 19.5 Å². The number of amides is 2. The highest BCUT2D eigenvalue weighted by molar-refractivity contribution is 5.89. The summed E-state index contributed by atoms with van der Waals surface area (Å²) in [6.07, 6.45) is 0.488. The number of nitrogens with zero attached hydrogens (tertiary/aromatic N) is 3. The van der Waals surface area contributed by atoms with Crippen LogP contribution in [0.5, 0.6) is 17.2 Å². The number of fused-ring (bicyclic) bond motifs is 3. The predicted octanol–water partition coefficient (Wildman–Crippen LogP) is 2.51. The maximum absolute atomic E-state index is 12.9. The molecule has 9 heteroatoms. The van der Waals surface area contributed by atoms with Crippen LogP contribution in [0.25, 0.3) is 0 Å². The molecule has 0 aromatic heterocycles. The summed E-state index contributed by atoms with van der Waals surface area (Å²) in [5.74, 6) is 2.72. The minimum atomic E-state index is -0.611. The van der Waals surface area contributed by atoms with Gasteiger partial charge in [0.1, 0.15) is 18.5 Å². The Morgan fingerprint density at radius 3 is 2.59 bits per heavy atom. The Morgan fingerprint density at radius 1 is 1.12 bits per heavy atom. The minimum Gasteiger partial charge on any atom is -0.491 e. The molecular formula is C25H28N4O5. The largest absolute Gasteiger partial charge is 0.491 e. The van der Waals surface area contributed by atoms with Crippen molar-refractivity contribution in [3.8, 4) is 23.3 Å². The number of β-amino-alcohol motifs (C(OH)–C–C–N with tert-alkyl or cyclic N) is 1. The molecule has 3 aliphatic rings. The van der Waals surface area contributed by atoms with Crippen molar-refractivity contribution >= 4 is 11.7 Å². The summed E-state index contributed by atoms with van der Waals surface area (Å²) in [5, 5.41) is 22.3. The van der Waals surface area contributed by atoms with Crippen molar-refractivity contribution in [1.29, 1.82) is 5.26 Å². The molecule has 0 saturated carbocycles. The molecule has 2 bridgehead atoms. The van der Waals surface area contributed by atoms with Crippen LogP contribution >= 0.6 is 0 Å². The molecule has 3 atom stereocenters. The fourth-order valence-corrected chi connectivity index (χ4v) is 5.05. The Labute approximate surface area is 198 Å². The van der Waals surface area contributed by atoms with E-state index >= 15 is 0 Å². The lowest BCUT2D eigenvalue weighted by molar-refractivity contribution is 0.0105. The van der Waals surface area contributed by atoms with Crippen molar-refractivity contribution in [2.45, 2.75) is 12.5 Å². The lowest BCUT2D eigenvalue weighted by atomic mass is 9.84. The van der Waals surface area contributed by atoms with Gasteiger partial charge in [-0.2, -0.15) is 5.26 Å². The summed E-state index contributed by atoms with van der Waals surface area (Å²) < 4.78 is 16.4. The van der Waals surface area contributed by atoms with Crippen LogP contribution in [0.15, 0.2) is 42.5 Å². The number of aliphatic hydroxyl groups excluding tert-OH is 1. The highest BCUT2D eigenvalue weighted by Gasteiger charge is 2.36. The van der Waals surface area contributed by atoms with E-state index < -0.39 is 6.10 Å². The van der Waals surface area contributed by atoms with Crippen molar-refractivity contribution in [3.05, 3.63) is 48.0 Å². The van der Waals surface area contributed by atoms with Gasteiger partial charge < -0.3 is 29.5 Å². The standard InChI is InChI=1S/C25H28N4O5/c26-9-17-1-4-22(5-2-17)32-15-21(30)14-28-10-18-7-19(11-28)13-29(12-18)25(31)27-20-3-6-23-24(8-20)34-16-33-23/h1-6,8,18-19,21,30H,7,10-16H2,(H,27,31). The summed E-state index contributed by atoms with van der Waals surface area (Å²) in [4.78, 5) is 17.0. The first kappa shape index (κ1) is 22.3. The van der Waals surface area contributed by atoms with Crippen molar-refractivity contribution in [1.82, 2.24) is 9.80 Å². The van der Waals surface area contributed by atoms with Gasteiger partial charge in [-0.3, -0.25) is 4.90 Å². The predicted molar refractivity (Wildman–Crippen MR) is 124 cm³/mol. The average Bonchev–Trinajstić information content (AvgIpc) is 3.30. The molecule has 2 fully saturated rings. The number of hydrogen-bond donors (Lipinski definition) is 2. The number of likely N-dealkylation sites (tertiary alicyclic amines) is 2. The van der Waals surface area contributed by atoms with Crippen LogP contribution in [0.1, 0.15) is 12.0 Å². The molecule has 5 rings (SSSR count). The molecule has 34 heavy (non-hydrogen) atoms. The second-order valence-electron chi connectivity index (χ2n) is 9.19. The molecule has 2 saturated heterocycles. The lowest BCUT2D eigenvalue weighted by Gasteiger charge is -2.46. The quantitative estimate of drug-likeness (QED) is 0.676. The first-order valence-corrected chi connectivity index (χ1v) is 11.5. The van der Waals surface area contributed by atoms with E-state index in [1.165, 1.54) is 0 Å². The zero-order chi connectivity index (χ0) is 23.5. The van der Waals surface area contributed by atoms with Crippen LogP contribution in [0.4, 0.5) is 10.5 Å². The molecule has 2 aromatic carbocycles. The number of aliphatic hydroxyl groups is 1. The number of piperidine rings is 2. The van der Waals surface area contributed by atoms with Crippen molar-refractivity contribution in [3.63, 3.8) is 0 Å². The number of carbonyl (C=O) groups is 1. The van der Waals surface area contributed by atoms with Gasteiger partial charge in [-0.15, -0.1) is 0 Å². The van der Waals surface area contributed by atoms with Crippen LogP contribution in [-0.4, -0.2) is 73.2 Å². The first-order chi connectivity index (χ1) is 16.6. The molecule has 0 aliphatic carbocycles. The summed E-state index contributed by atoms with van der Waals surface area (Å²) in [6, 6.07) is 14.2. The Hall–Kier alpha value is -3.48. The normalized spacial score (nSPS) is 22.1. The number of carbonyl (C=O) groups excluding carboxylic acids is 1. The maximum Gasteiger partial charge on any atom is 0.321 e. The van der Waals surface area contributed by atoms with Crippen molar-refractivity contribution in [2.24, 2.45) is 11.8 Å². The number of nitrogens with one attached hydrogen (secondary N) is 1. The Balaban J connectivity index is 1.09. The highest BCUT2D eigenvalue weighted by Crippen LogP contribution is 2.35. The van der Waals surface area contributed by atoms with Gasteiger partial charge in [0.2, 0.25) is 6.79 Å². The first-order valence-electron chi connectivity index (χ1n) is 11.5. The molecular weight excluding hydrogens is 436 g/mol. The zero-order valence-electron chi connectivity index (χ0n) is 18.9. The molecule has 2 amide bonds. The molecule has 3 unspecified atom stereocenters. The van der Waals surface area contributed by atoms with E-state index in [1.807, 2.05) is 11.0 Å². The van der Waals surface area contributed by atoms with Crippen molar-refractivity contribution in [2.75, 3.05) is 51.4 Å². The van der Waals surface area contributed by atoms with Gasteiger partial charge in [-0.1, -0.05) is 0 Å². The smallest absolute Gasteiger partial charge is 0.321 e. The van der Waals surface area contributed by atoms with E-state index in [0.717, 1.165) is 19.5 Å². The number of benzene rings is 2. The number of hydrogen-bond acceptors (Lipinski definition) is 7. The molecule has 9 nitrogen and oxygen atoms in total. The van der Waals surface area contributed by atoms with Gasteiger partial charge in [-0.25, -0.2) is 4.79 Å². The van der Waals surface area contributed by atoms with Gasteiger partial charge in [0.25, 0.3) is 0 Å². The van der Waals surface area contributed by atoms with Gasteiger partial charge in [-0.05, 0) is 54.7 Å². The summed E-state index contributed by atoms with van der Waals surface area (Å²) in [6.45, 7) is 4.02. The maximum atomic E-state index is 12.9. The third kappa shape index (κ3) is 5.19. The molecule has 0 radical (unpaired) electrons. The van der Waals surface area contributed by atoms with Crippen molar-refractivity contribution < 1.29 is 24.1 Å². The number of urea groups is 1. The topological polar surface area (TPSA) is 107 Å². The SMILES string of the molecule is N#Cc1ccc(OCC(O)CN2CC3CC(C2)CN(C(=O)Nc2ccc4c(c2)OCO4)C3)cc1. The third-order valence-electron chi connectivity index (χ3n) is 6.46. The highest BCUT2D eigenvalue weighted by atomic mass is 16.7. The van der Waals surface area contributed by atoms with Crippen LogP contribution in [0, 0.1) is 23.2 Å². The molecule has 3 heterocycles. The number of rotatable bonds is 6. The molecule has 178 valence electrons. The zero-order valence-corrected chi connectivity index (χ0v) is 18.9. The van der Waals surface area contributed by atoms with Crippen LogP contribution in [0.2, 0.25) is 0 Å². The van der Waals surface area contributed by atoms with Crippen LogP contribution < -0.4 is 19.5 Å². The monoisotopic (exact) mass is 464 g/mol. The van der Waals surface area contributed by atoms with Gasteiger partial charge in [0.05, 0.1) is 11.6 Å². The number of nitriles is 1. The Morgan fingerprint density at radius 2 is 1.85 bits per heavy atom. The van der Waals surface area contributed by atoms with E-state index in [2.05, 4.69) is 16.3 Å². The average molecular weight is 465 g/mol. The summed E-state index contributed by atoms with van der Waals surface area (Å²) >= 11 is 0. The lowest BCUT2D eigenvalue weighted by Crippen LogP contribution is -2.56. The second kappa shape index (κ2) is 9.79. The minimum absolute atomic E-state index is 0.0992. The van der Waals surface area contributed by atoms with Gasteiger partial charge in [0.15, 0.2) is 11.5 Å². The molecule has 0 spiro atoms. The van der Waals surface area contributed by atoms with Crippen LogP contribution in [-0.2, 0) is 0 Å². The molecule has 3 aliphatic heterocycles. The fraction of sp³-hybridized carbons (Fsp3) is 0.440. The van der Waals surface area contributed by atoms with E-state index in [0.29, 0.717) is 60.0 Å². The molecule has 2 N–H and O–H groups in total. The number of ether oxygens (including phenoxy) is 3. The Bertz CT molecular complexity index is 1060. The molecule has 2 aromatic rings. The summed E-state index contributed by atoms with van der Waals surface area (Å²) in [5.41, 5.74) is 1.27. The van der Waals surface area contributed by atoms with Gasteiger partial charge >= 0.3 is 6.03 Å². The second-order valence-corrected chi connectivity index (χ2v) is 9.19. The van der Waals surface area contributed by atoms with E-state index in [9.17, 15) is 9.90 Å². The van der Waals surface area contributed by atoms with E-state index in [1.54, 1.807) is 36.4 Å². The fourth-order valence-electron chi connectivity index (χ4n) is 5.05. The Kier molecular flexibility index (Phi) is 6.43. The third-order valence-corrected chi connectivity index (χ3v) is 6.46. The summed E-state index contributed by atoms with van der Waals surface area (Å²) in [7, 11) is 0. The van der Waals surface area contributed by atoms with Gasteiger partial charge in [0, 0.05) is 44.5 Å². The van der Waals surface area contributed by atoms with E-state index in [-0.39, 0.29) is 19.4 Å².